The van der Waals surface area contributed by atoms with E-state index in [1.807, 2.05) is 72.8 Å². The van der Waals surface area contributed by atoms with Gasteiger partial charge in [-0.15, -0.1) is 0 Å². The maximum atomic E-state index is 5.91. The number of benzene rings is 2. The highest BCUT2D eigenvalue weighted by Gasteiger charge is 2.02. The first-order chi connectivity index (χ1) is 12.8. The summed E-state index contributed by atoms with van der Waals surface area (Å²) < 4.78 is 5.64. The normalized spacial score (nSPS) is 11.5. The van der Waals surface area contributed by atoms with Crippen LogP contribution < -0.4 is 10.5 Å². The van der Waals surface area contributed by atoms with Crippen molar-refractivity contribution in [2.45, 2.75) is 0 Å². The van der Waals surface area contributed by atoms with Crippen molar-refractivity contribution in [1.82, 2.24) is 4.98 Å². The van der Waals surface area contributed by atoms with Gasteiger partial charge in [-0.2, -0.15) is 0 Å². The van der Waals surface area contributed by atoms with Crippen LogP contribution in [0.25, 0.3) is 6.08 Å². The number of nitrogens with zero attached hydrogens (tertiary/aromatic N) is 2. The second-order valence-electron chi connectivity index (χ2n) is 5.39. The number of aromatic nitrogens is 1. The third-order valence-corrected chi connectivity index (χ3v) is 3.44. The maximum absolute atomic E-state index is 5.91. The predicted molar refractivity (Wildman–Crippen MR) is 103 cm³/mol. The maximum Gasteiger partial charge on any atom is 0.219 e. The number of hydrogen-bond acceptors (Lipinski definition) is 4. The van der Waals surface area contributed by atoms with E-state index in [1.165, 1.54) is 0 Å². The number of hydrogen-bond donors (Lipinski definition) is 1. The number of pyridine rings is 1. The zero-order valence-electron chi connectivity index (χ0n) is 14.2. The zero-order valence-corrected chi connectivity index (χ0v) is 14.2. The van der Waals surface area contributed by atoms with Gasteiger partial charge in [-0.1, -0.05) is 59.8 Å². The van der Waals surface area contributed by atoms with Crippen molar-refractivity contribution in [3.8, 4) is 11.6 Å². The minimum Gasteiger partial charge on any atom is -0.439 e. The molecule has 0 atom stereocenters. The van der Waals surface area contributed by atoms with Gasteiger partial charge in [0.05, 0.1) is 0 Å². The van der Waals surface area contributed by atoms with Crippen molar-refractivity contribution in [2.24, 2.45) is 10.9 Å². The molecule has 130 valence electrons. The Labute approximate surface area is 152 Å². The molecule has 0 aliphatic rings. The van der Waals surface area contributed by atoms with E-state index < -0.39 is 0 Å². The number of rotatable bonds is 7. The Hall–Kier alpha value is -3.60. The molecule has 3 rings (SSSR count). The molecule has 0 radical (unpaired) electrons. The van der Waals surface area contributed by atoms with Crippen molar-refractivity contribution in [3.63, 3.8) is 0 Å². The topological polar surface area (TPSA) is 69.7 Å². The molecule has 0 unspecified atom stereocenters. The zero-order chi connectivity index (χ0) is 18.0. The molecule has 0 bridgehead atoms. The van der Waals surface area contributed by atoms with Crippen molar-refractivity contribution in [1.29, 1.82) is 0 Å². The van der Waals surface area contributed by atoms with Crippen LogP contribution in [-0.4, -0.2) is 17.4 Å². The van der Waals surface area contributed by atoms with Gasteiger partial charge in [0.15, 0.2) is 5.84 Å². The standard InChI is InChI=1S/C21H19N3O2/c22-21(24-25-15-7-10-17-8-3-1-4-9-17)18-13-14-20(23-16-18)26-19-11-5-2-6-12-19/h1-14,16H,15H2,(H2,22,24). The smallest absolute Gasteiger partial charge is 0.219 e. The van der Waals surface area contributed by atoms with Gasteiger partial charge in [0.1, 0.15) is 12.4 Å². The molecule has 0 saturated heterocycles. The Bertz CT molecular complexity index is 861. The highest BCUT2D eigenvalue weighted by Crippen LogP contribution is 2.18. The first kappa shape index (κ1) is 17.2. The summed E-state index contributed by atoms with van der Waals surface area (Å²) >= 11 is 0. The Morgan fingerprint density at radius 2 is 1.69 bits per heavy atom. The van der Waals surface area contributed by atoms with Crippen molar-refractivity contribution in [2.75, 3.05) is 6.61 Å². The number of ether oxygens (including phenoxy) is 1. The second-order valence-corrected chi connectivity index (χ2v) is 5.39. The third-order valence-electron chi connectivity index (χ3n) is 3.44. The SMILES string of the molecule is NC(=NOCC=Cc1ccccc1)c1ccc(Oc2ccccc2)nc1. The van der Waals surface area contributed by atoms with E-state index in [9.17, 15) is 0 Å². The quantitative estimate of drug-likeness (QED) is 0.301. The minimum absolute atomic E-state index is 0.261. The molecule has 3 aromatic rings. The van der Waals surface area contributed by atoms with Gasteiger partial charge in [0.25, 0.3) is 0 Å². The molecule has 0 spiro atoms. The highest BCUT2D eigenvalue weighted by atomic mass is 16.6. The van der Waals surface area contributed by atoms with Crippen LogP contribution >= 0.6 is 0 Å². The molecule has 0 aliphatic carbocycles. The average molecular weight is 345 g/mol. The fraction of sp³-hybridized carbons (Fsp3) is 0.0476. The molecule has 5 heteroatoms. The van der Waals surface area contributed by atoms with Crippen LogP contribution in [0.5, 0.6) is 11.6 Å². The largest absolute Gasteiger partial charge is 0.439 e. The molecule has 2 N–H and O–H groups in total. The first-order valence-electron chi connectivity index (χ1n) is 8.17. The van der Waals surface area contributed by atoms with E-state index in [0.29, 0.717) is 18.1 Å². The number of oxime groups is 1. The van der Waals surface area contributed by atoms with Gasteiger partial charge in [-0.25, -0.2) is 4.98 Å². The third kappa shape index (κ3) is 5.21. The van der Waals surface area contributed by atoms with Gasteiger partial charge in [-0.3, -0.25) is 0 Å². The monoisotopic (exact) mass is 345 g/mol. The summed E-state index contributed by atoms with van der Waals surface area (Å²) in [6.45, 7) is 0.332. The van der Waals surface area contributed by atoms with Gasteiger partial charge in [-0.05, 0) is 29.8 Å². The molecule has 26 heavy (non-hydrogen) atoms. The molecule has 1 aromatic heterocycles. The molecular formula is C21H19N3O2. The summed E-state index contributed by atoms with van der Waals surface area (Å²) in [7, 11) is 0. The fourth-order valence-corrected chi connectivity index (χ4v) is 2.15. The first-order valence-corrected chi connectivity index (χ1v) is 8.17. The molecule has 2 aromatic carbocycles. The fourth-order valence-electron chi connectivity index (χ4n) is 2.15. The van der Waals surface area contributed by atoms with Gasteiger partial charge in [0, 0.05) is 17.8 Å². The Morgan fingerprint density at radius 3 is 2.38 bits per heavy atom. The number of amidine groups is 1. The van der Waals surface area contributed by atoms with E-state index in [2.05, 4.69) is 10.1 Å². The molecule has 0 saturated carbocycles. The molecule has 1 heterocycles. The van der Waals surface area contributed by atoms with Gasteiger partial charge >= 0.3 is 0 Å². The summed E-state index contributed by atoms with van der Waals surface area (Å²) in [4.78, 5) is 9.44. The lowest BCUT2D eigenvalue weighted by atomic mass is 10.2. The van der Waals surface area contributed by atoms with Crippen LogP contribution in [-0.2, 0) is 4.84 Å². The summed E-state index contributed by atoms with van der Waals surface area (Å²) in [6.07, 6.45) is 5.43. The molecule has 0 amide bonds. The van der Waals surface area contributed by atoms with Crippen LogP contribution in [0.4, 0.5) is 0 Å². The summed E-state index contributed by atoms with van der Waals surface area (Å²) in [5.74, 6) is 1.47. The van der Waals surface area contributed by atoms with Gasteiger partial charge < -0.3 is 15.3 Å². The second kappa shape index (κ2) is 9.03. The lowest BCUT2D eigenvalue weighted by Crippen LogP contribution is -2.14. The highest BCUT2D eigenvalue weighted by molar-refractivity contribution is 5.96. The minimum atomic E-state index is 0.261. The Morgan fingerprint density at radius 1 is 0.962 bits per heavy atom. The van der Waals surface area contributed by atoms with Crippen molar-refractivity contribution >= 4 is 11.9 Å². The van der Waals surface area contributed by atoms with E-state index in [-0.39, 0.29) is 5.84 Å². The lowest BCUT2D eigenvalue weighted by Gasteiger charge is -2.05. The van der Waals surface area contributed by atoms with Crippen LogP contribution in [0, 0.1) is 0 Å². The molecular weight excluding hydrogens is 326 g/mol. The van der Waals surface area contributed by atoms with E-state index in [0.717, 1.165) is 11.3 Å². The van der Waals surface area contributed by atoms with Crippen LogP contribution in [0.1, 0.15) is 11.1 Å². The summed E-state index contributed by atoms with van der Waals surface area (Å²) in [5, 5.41) is 3.90. The predicted octanol–water partition coefficient (Wildman–Crippen LogP) is 4.22. The van der Waals surface area contributed by atoms with Gasteiger partial charge in [0.2, 0.25) is 5.88 Å². The average Bonchev–Trinajstić information content (AvgIpc) is 2.70. The van der Waals surface area contributed by atoms with Crippen LogP contribution in [0.3, 0.4) is 0 Å². The van der Waals surface area contributed by atoms with E-state index in [1.54, 1.807) is 18.3 Å². The Kier molecular flexibility index (Phi) is 5.99. The van der Waals surface area contributed by atoms with Crippen molar-refractivity contribution < 1.29 is 9.57 Å². The van der Waals surface area contributed by atoms with Crippen LogP contribution in [0.2, 0.25) is 0 Å². The molecule has 0 fully saturated rings. The molecule has 5 nitrogen and oxygen atoms in total. The van der Waals surface area contributed by atoms with E-state index in [4.69, 9.17) is 15.3 Å². The molecule has 0 aliphatic heterocycles. The van der Waals surface area contributed by atoms with Crippen molar-refractivity contribution in [3.05, 3.63) is 96.2 Å². The summed E-state index contributed by atoms with van der Waals surface area (Å²) in [5.41, 5.74) is 7.68. The Balaban J connectivity index is 1.51. The van der Waals surface area contributed by atoms with E-state index >= 15 is 0 Å². The number of para-hydroxylation sites is 1. The van der Waals surface area contributed by atoms with Crippen LogP contribution in [0.15, 0.2) is 90.2 Å². The summed E-state index contributed by atoms with van der Waals surface area (Å²) in [6, 6.07) is 22.9. The number of nitrogens with two attached hydrogens (primary N) is 1. The lowest BCUT2D eigenvalue weighted by molar-refractivity contribution is 0.175.